The summed E-state index contributed by atoms with van der Waals surface area (Å²) in [6, 6.07) is 0.659. The second kappa shape index (κ2) is 6.01. The summed E-state index contributed by atoms with van der Waals surface area (Å²) in [6.45, 7) is 5.32. The van der Waals surface area contributed by atoms with E-state index in [4.69, 9.17) is 0 Å². The molecule has 3 nitrogen and oxygen atoms in total. The van der Waals surface area contributed by atoms with E-state index in [9.17, 15) is 4.79 Å². The highest BCUT2D eigenvalue weighted by molar-refractivity contribution is 5.85. The number of hydrogen-bond acceptors (Lipinski definition) is 2. The number of carbonyl (C=O) groups is 1. The van der Waals surface area contributed by atoms with Crippen molar-refractivity contribution in [3.05, 3.63) is 0 Å². The first kappa shape index (κ1) is 15.1. The van der Waals surface area contributed by atoms with E-state index in [0.717, 1.165) is 51.1 Å². The van der Waals surface area contributed by atoms with Gasteiger partial charge in [-0.25, -0.2) is 0 Å². The van der Waals surface area contributed by atoms with Crippen LogP contribution in [0.5, 0.6) is 0 Å². The molecule has 0 spiro atoms. The quantitative estimate of drug-likeness (QED) is 0.842. The Morgan fingerprint density at radius 3 is 2.32 bits per heavy atom. The molecule has 1 heterocycles. The van der Waals surface area contributed by atoms with Gasteiger partial charge in [0.25, 0.3) is 0 Å². The van der Waals surface area contributed by atoms with Crippen LogP contribution in [0.4, 0.5) is 0 Å². The number of piperidine rings is 1. The topological polar surface area (TPSA) is 32.3 Å². The van der Waals surface area contributed by atoms with Gasteiger partial charge in [-0.1, -0.05) is 6.92 Å². The van der Waals surface area contributed by atoms with Crippen LogP contribution in [0.15, 0.2) is 0 Å². The van der Waals surface area contributed by atoms with E-state index in [1.54, 1.807) is 0 Å². The summed E-state index contributed by atoms with van der Waals surface area (Å²) < 4.78 is 0. The second-order valence-corrected chi connectivity index (χ2v) is 6.55. The van der Waals surface area contributed by atoms with Gasteiger partial charge in [0.05, 0.1) is 0 Å². The molecule has 0 bridgehead atoms. The van der Waals surface area contributed by atoms with Crippen LogP contribution in [0.3, 0.4) is 0 Å². The van der Waals surface area contributed by atoms with Crippen molar-refractivity contribution < 1.29 is 4.79 Å². The van der Waals surface area contributed by atoms with E-state index >= 15 is 0 Å². The number of rotatable bonds is 5. The molecule has 3 aliphatic rings. The molecule has 3 rings (SSSR count). The molecular weight excluding hydrogens is 260 g/mol. The third-order valence-corrected chi connectivity index (χ3v) is 5.16. The fourth-order valence-corrected chi connectivity index (χ4v) is 3.15. The zero-order chi connectivity index (χ0) is 12.6. The Hall–Kier alpha value is -0.280. The number of carbonyl (C=O) groups excluding carboxylic acids is 1. The van der Waals surface area contributed by atoms with Gasteiger partial charge in [0.1, 0.15) is 0 Å². The largest absolute Gasteiger partial charge is 0.342 e. The third-order valence-electron chi connectivity index (χ3n) is 5.16. The van der Waals surface area contributed by atoms with Crippen molar-refractivity contribution in [2.75, 3.05) is 19.6 Å². The van der Waals surface area contributed by atoms with E-state index in [1.807, 2.05) is 0 Å². The molecule has 0 unspecified atom stereocenters. The SMILES string of the molecule is CCC1(C(=O)N2CCC(NCC3CC3)CC2)CC1.Cl. The Kier molecular flexibility index (Phi) is 4.78. The van der Waals surface area contributed by atoms with Gasteiger partial charge in [-0.15, -0.1) is 12.4 Å². The second-order valence-electron chi connectivity index (χ2n) is 6.55. The molecule has 4 heteroatoms. The van der Waals surface area contributed by atoms with Crippen LogP contribution in [0, 0.1) is 11.3 Å². The molecule has 19 heavy (non-hydrogen) atoms. The highest BCUT2D eigenvalue weighted by Gasteiger charge is 2.50. The smallest absolute Gasteiger partial charge is 0.228 e. The molecule has 0 radical (unpaired) electrons. The molecule has 0 aromatic heterocycles. The average molecular weight is 287 g/mol. The van der Waals surface area contributed by atoms with Gasteiger partial charge in [-0.2, -0.15) is 0 Å². The molecule has 1 amide bonds. The Morgan fingerprint density at radius 2 is 1.84 bits per heavy atom. The highest BCUT2D eigenvalue weighted by atomic mass is 35.5. The minimum absolute atomic E-state index is 0. The van der Waals surface area contributed by atoms with Crippen LogP contribution in [0.2, 0.25) is 0 Å². The molecule has 2 aliphatic carbocycles. The summed E-state index contributed by atoms with van der Waals surface area (Å²) in [5.74, 6) is 1.41. The van der Waals surface area contributed by atoms with E-state index < -0.39 is 0 Å². The highest BCUT2D eigenvalue weighted by Crippen LogP contribution is 2.50. The van der Waals surface area contributed by atoms with Gasteiger partial charge < -0.3 is 10.2 Å². The Bertz CT molecular complexity index is 318. The van der Waals surface area contributed by atoms with Gasteiger partial charge >= 0.3 is 0 Å². The summed E-state index contributed by atoms with van der Waals surface area (Å²) in [6.07, 6.45) is 8.43. The predicted molar refractivity (Wildman–Crippen MR) is 79.5 cm³/mol. The Balaban J connectivity index is 0.00000133. The van der Waals surface area contributed by atoms with Gasteiger partial charge in [-0.05, 0) is 57.4 Å². The lowest BCUT2D eigenvalue weighted by Crippen LogP contribution is -2.47. The fraction of sp³-hybridized carbons (Fsp3) is 0.933. The van der Waals surface area contributed by atoms with Crippen LogP contribution in [-0.2, 0) is 4.79 Å². The standard InChI is InChI=1S/C15H26N2O.ClH/c1-2-15(7-8-15)14(18)17-9-5-13(6-10-17)16-11-12-3-4-12;/h12-13,16H,2-11H2,1H3;1H. The Morgan fingerprint density at radius 1 is 1.21 bits per heavy atom. The first-order chi connectivity index (χ1) is 8.73. The van der Waals surface area contributed by atoms with Gasteiger partial charge in [0.2, 0.25) is 5.91 Å². The summed E-state index contributed by atoms with van der Waals surface area (Å²) in [5.41, 5.74) is 0.0638. The van der Waals surface area contributed by atoms with Gasteiger partial charge in [-0.3, -0.25) is 4.79 Å². The third kappa shape index (κ3) is 3.43. The molecule has 0 aromatic rings. The lowest BCUT2D eigenvalue weighted by Gasteiger charge is -2.34. The normalized spacial score (nSPS) is 25.8. The van der Waals surface area contributed by atoms with E-state index in [1.165, 1.54) is 19.4 Å². The summed E-state index contributed by atoms with van der Waals surface area (Å²) in [7, 11) is 0. The van der Waals surface area contributed by atoms with Crippen LogP contribution in [0.1, 0.15) is 51.9 Å². The van der Waals surface area contributed by atoms with Crippen molar-refractivity contribution in [3.8, 4) is 0 Å². The summed E-state index contributed by atoms with van der Waals surface area (Å²) >= 11 is 0. The van der Waals surface area contributed by atoms with Gasteiger partial charge in [0.15, 0.2) is 0 Å². The molecule has 3 fully saturated rings. The number of amides is 1. The number of likely N-dealkylation sites (tertiary alicyclic amines) is 1. The van der Waals surface area contributed by atoms with Crippen molar-refractivity contribution in [2.45, 2.75) is 57.9 Å². The van der Waals surface area contributed by atoms with Crippen molar-refractivity contribution in [3.63, 3.8) is 0 Å². The zero-order valence-electron chi connectivity index (χ0n) is 12.0. The lowest BCUT2D eigenvalue weighted by atomic mass is 9.98. The Labute approximate surface area is 122 Å². The maximum absolute atomic E-state index is 12.4. The van der Waals surface area contributed by atoms with Crippen LogP contribution >= 0.6 is 12.4 Å². The monoisotopic (exact) mass is 286 g/mol. The average Bonchev–Trinajstić information content (AvgIpc) is 3.30. The first-order valence-corrected chi connectivity index (χ1v) is 7.76. The summed E-state index contributed by atoms with van der Waals surface area (Å²) in [5, 5.41) is 3.67. The minimum atomic E-state index is 0. The molecular formula is C15H27ClN2O. The molecule has 1 N–H and O–H groups in total. The predicted octanol–water partition coefficient (Wildman–Crippen LogP) is 2.59. The number of halogens is 1. The van der Waals surface area contributed by atoms with E-state index in [0.29, 0.717) is 11.9 Å². The van der Waals surface area contributed by atoms with E-state index in [2.05, 4.69) is 17.1 Å². The van der Waals surface area contributed by atoms with Crippen LogP contribution in [0.25, 0.3) is 0 Å². The maximum atomic E-state index is 12.4. The first-order valence-electron chi connectivity index (χ1n) is 7.76. The molecule has 110 valence electrons. The van der Waals surface area contributed by atoms with Crippen molar-refractivity contribution >= 4 is 18.3 Å². The number of nitrogens with zero attached hydrogens (tertiary/aromatic N) is 1. The molecule has 0 atom stereocenters. The number of nitrogens with one attached hydrogen (secondary N) is 1. The maximum Gasteiger partial charge on any atom is 0.228 e. The van der Waals surface area contributed by atoms with Crippen LogP contribution in [-0.4, -0.2) is 36.5 Å². The molecule has 0 aromatic carbocycles. The van der Waals surface area contributed by atoms with Crippen LogP contribution < -0.4 is 5.32 Å². The van der Waals surface area contributed by atoms with Crippen molar-refractivity contribution in [1.82, 2.24) is 10.2 Å². The lowest BCUT2D eigenvalue weighted by molar-refractivity contribution is -0.138. The van der Waals surface area contributed by atoms with E-state index in [-0.39, 0.29) is 17.8 Å². The molecule has 1 aliphatic heterocycles. The fourth-order valence-electron chi connectivity index (χ4n) is 3.15. The summed E-state index contributed by atoms with van der Waals surface area (Å²) in [4.78, 5) is 14.5. The molecule has 2 saturated carbocycles. The zero-order valence-corrected chi connectivity index (χ0v) is 12.8. The van der Waals surface area contributed by atoms with Gasteiger partial charge in [0, 0.05) is 24.5 Å². The van der Waals surface area contributed by atoms with Crippen molar-refractivity contribution in [2.24, 2.45) is 11.3 Å². The number of hydrogen-bond donors (Lipinski definition) is 1. The van der Waals surface area contributed by atoms with Crippen molar-refractivity contribution in [1.29, 1.82) is 0 Å². The molecule has 1 saturated heterocycles. The minimum Gasteiger partial charge on any atom is -0.342 e.